The second kappa shape index (κ2) is 14.3. The van der Waals surface area contributed by atoms with Crippen molar-refractivity contribution in [1.82, 2.24) is 5.32 Å². The fraction of sp³-hybridized carbons (Fsp3) is 0.250. The van der Waals surface area contributed by atoms with Crippen LogP contribution in [0.25, 0.3) is 0 Å². The van der Waals surface area contributed by atoms with Gasteiger partial charge in [-0.1, -0.05) is 36.4 Å². The number of methoxy groups -OCH3 is 1. The van der Waals surface area contributed by atoms with Crippen molar-refractivity contribution in [3.05, 3.63) is 90.0 Å². The van der Waals surface area contributed by atoms with Crippen molar-refractivity contribution < 1.29 is 19.1 Å². The molecule has 0 saturated heterocycles. The Morgan fingerprint density at radius 1 is 0.778 bits per heavy atom. The van der Waals surface area contributed by atoms with Gasteiger partial charge in [0.15, 0.2) is 0 Å². The van der Waals surface area contributed by atoms with Crippen molar-refractivity contribution in [2.75, 3.05) is 42.8 Å². The molecule has 0 aliphatic carbocycles. The molecule has 188 valence electrons. The third kappa shape index (κ3) is 9.23. The van der Waals surface area contributed by atoms with E-state index >= 15 is 0 Å². The maximum Gasteiger partial charge on any atom is 0.251 e. The molecule has 0 unspecified atom stereocenters. The van der Waals surface area contributed by atoms with Crippen LogP contribution in [0.4, 0.5) is 17.1 Å². The number of hydrogen-bond acceptors (Lipinski definition) is 5. The van der Waals surface area contributed by atoms with E-state index in [0.29, 0.717) is 42.9 Å². The molecule has 0 spiro atoms. The molecule has 3 aromatic carbocycles. The van der Waals surface area contributed by atoms with Crippen molar-refractivity contribution in [3.8, 4) is 0 Å². The molecule has 8 nitrogen and oxygen atoms in total. The van der Waals surface area contributed by atoms with E-state index in [1.165, 1.54) is 0 Å². The summed E-state index contributed by atoms with van der Waals surface area (Å²) in [6.45, 7) is 1.15. The SMILES string of the molecule is COCCCNC(=O)c1cccc(NC(=O)CNc2ccc(NC(=O)CCc3ccccc3)cc2)c1. The van der Waals surface area contributed by atoms with Crippen LogP contribution in [0.3, 0.4) is 0 Å². The minimum absolute atomic E-state index is 0.0511. The topological polar surface area (TPSA) is 109 Å². The van der Waals surface area contributed by atoms with E-state index in [9.17, 15) is 14.4 Å². The van der Waals surface area contributed by atoms with Gasteiger partial charge in [-0.25, -0.2) is 0 Å². The summed E-state index contributed by atoms with van der Waals surface area (Å²) in [7, 11) is 1.62. The number of amides is 3. The van der Waals surface area contributed by atoms with Crippen molar-refractivity contribution >= 4 is 34.8 Å². The minimum atomic E-state index is -0.244. The molecule has 3 amide bonds. The highest BCUT2D eigenvalue weighted by molar-refractivity contribution is 5.98. The first-order valence-corrected chi connectivity index (χ1v) is 11.9. The summed E-state index contributed by atoms with van der Waals surface area (Å²) in [4.78, 5) is 36.8. The maximum absolute atomic E-state index is 12.4. The molecule has 8 heteroatoms. The number of rotatable bonds is 13. The van der Waals surface area contributed by atoms with Crippen LogP contribution in [-0.2, 0) is 20.7 Å². The van der Waals surface area contributed by atoms with Gasteiger partial charge in [-0.15, -0.1) is 0 Å². The Balaban J connectivity index is 1.40. The van der Waals surface area contributed by atoms with E-state index in [2.05, 4.69) is 21.3 Å². The van der Waals surface area contributed by atoms with E-state index in [0.717, 1.165) is 17.7 Å². The number of carbonyl (C=O) groups is 3. The molecule has 0 bridgehead atoms. The molecular weight excluding hydrogens is 456 g/mol. The van der Waals surface area contributed by atoms with Crippen LogP contribution >= 0.6 is 0 Å². The third-order valence-electron chi connectivity index (χ3n) is 5.32. The van der Waals surface area contributed by atoms with Gasteiger partial charge in [0, 0.05) is 49.3 Å². The lowest BCUT2D eigenvalue weighted by atomic mass is 10.1. The van der Waals surface area contributed by atoms with Crippen LogP contribution < -0.4 is 21.3 Å². The summed E-state index contributed by atoms with van der Waals surface area (Å²) in [6.07, 6.45) is 1.82. The lowest BCUT2D eigenvalue weighted by molar-refractivity contribution is -0.116. The Labute approximate surface area is 211 Å². The van der Waals surface area contributed by atoms with Crippen LogP contribution in [0, 0.1) is 0 Å². The zero-order valence-electron chi connectivity index (χ0n) is 20.4. The van der Waals surface area contributed by atoms with E-state index in [1.54, 1.807) is 55.6 Å². The van der Waals surface area contributed by atoms with Crippen LogP contribution in [0.1, 0.15) is 28.8 Å². The Morgan fingerprint density at radius 2 is 1.50 bits per heavy atom. The highest BCUT2D eigenvalue weighted by Gasteiger charge is 2.08. The first kappa shape index (κ1) is 26.4. The van der Waals surface area contributed by atoms with E-state index in [1.807, 2.05) is 30.3 Å². The number of nitrogens with one attached hydrogen (secondary N) is 4. The van der Waals surface area contributed by atoms with Gasteiger partial charge in [0.1, 0.15) is 0 Å². The molecule has 4 N–H and O–H groups in total. The average molecular weight is 489 g/mol. The van der Waals surface area contributed by atoms with Crippen molar-refractivity contribution in [2.45, 2.75) is 19.3 Å². The molecule has 0 radical (unpaired) electrons. The molecular formula is C28H32N4O4. The van der Waals surface area contributed by atoms with Gasteiger partial charge >= 0.3 is 0 Å². The number of ether oxygens (including phenoxy) is 1. The van der Waals surface area contributed by atoms with Crippen LogP contribution in [-0.4, -0.2) is 44.5 Å². The second-order valence-electron chi connectivity index (χ2n) is 8.20. The smallest absolute Gasteiger partial charge is 0.251 e. The molecule has 0 heterocycles. The third-order valence-corrected chi connectivity index (χ3v) is 5.32. The quantitative estimate of drug-likeness (QED) is 0.271. The Bertz CT molecular complexity index is 1130. The molecule has 3 aromatic rings. The first-order valence-electron chi connectivity index (χ1n) is 11.9. The normalized spacial score (nSPS) is 10.4. The zero-order valence-corrected chi connectivity index (χ0v) is 20.4. The summed E-state index contributed by atoms with van der Waals surface area (Å²) >= 11 is 0. The van der Waals surface area contributed by atoms with Crippen LogP contribution in [0.15, 0.2) is 78.9 Å². The van der Waals surface area contributed by atoms with E-state index < -0.39 is 0 Å². The molecule has 0 aliphatic rings. The lowest BCUT2D eigenvalue weighted by Gasteiger charge is -2.10. The summed E-state index contributed by atoms with van der Waals surface area (Å²) < 4.78 is 4.97. The second-order valence-corrected chi connectivity index (χ2v) is 8.20. The molecule has 3 rings (SSSR count). The zero-order chi connectivity index (χ0) is 25.6. The monoisotopic (exact) mass is 488 g/mol. The van der Waals surface area contributed by atoms with Crippen molar-refractivity contribution in [1.29, 1.82) is 0 Å². The highest BCUT2D eigenvalue weighted by atomic mass is 16.5. The maximum atomic E-state index is 12.4. The van der Waals surface area contributed by atoms with Gasteiger partial charge in [-0.2, -0.15) is 0 Å². The fourth-order valence-corrected chi connectivity index (χ4v) is 3.44. The van der Waals surface area contributed by atoms with E-state index in [-0.39, 0.29) is 24.3 Å². The van der Waals surface area contributed by atoms with Crippen LogP contribution in [0.2, 0.25) is 0 Å². The Morgan fingerprint density at radius 3 is 2.25 bits per heavy atom. The van der Waals surface area contributed by atoms with Crippen molar-refractivity contribution in [3.63, 3.8) is 0 Å². The molecule has 36 heavy (non-hydrogen) atoms. The number of benzene rings is 3. The molecule has 0 aliphatic heterocycles. The Hall–Kier alpha value is -4.17. The standard InChI is InChI=1S/C28H32N4O4/c1-36-18-6-17-29-28(35)22-9-5-10-25(19-22)32-27(34)20-30-23-12-14-24(15-13-23)31-26(33)16-11-21-7-3-2-4-8-21/h2-5,7-10,12-15,19,30H,6,11,16-18,20H2,1H3,(H,29,35)(H,31,33)(H,32,34). The summed E-state index contributed by atoms with van der Waals surface area (Å²) in [6, 6.07) is 23.8. The van der Waals surface area contributed by atoms with Crippen LogP contribution in [0.5, 0.6) is 0 Å². The number of carbonyl (C=O) groups excluding carboxylic acids is 3. The number of hydrogen-bond donors (Lipinski definition) is 4. The Kier molecular flexibility index (Phi) is 10.5. The molecule has 0 atom stereocenters. The average Bonchev–Trinajstić information content (AvgIpc) is 2.90. The lowest BCUT2D eigenvalue weighted by Crippen LogP contribution is -2.25. The van der Waals surface area contributed by atoms with E-state index in [4.69, 9.17) is 4.74 Å². The van der Waals surface area contributed by atoms with Gasteiger partial charge in [0.25, 0.3) is 5.91 Å². The largest absolute Gasteiger partial charge is 0.385 e. The molecule has 0 fully saturated rings. The summed E-state index contributed by atoms with van der Waals surface area (Å²) in [5.74, 6) is -0.497. The summed E-state index contributed by atoms with van der Waals surface area (Å²) in [5.41, 5.74) is 3.58. The predicted octanol–water partition coefficient (Wildman–Crippen LogP) is 4.07. The van der Waals surface area contributed by atoms with Gasteiger partial charge in [-0.05, 0) is 60.9 Å². The van der Waals surface area contributed by atoms with Gasteiger partial charge in [0.2, 0.25) is 11.8 Å². The minimum Gasteiger partial charge on any atom is -0.385 e. The predicted molar refractivity (Wildman–Crippen MR) is 142 cm³/mol. The van der Waals surface area contributed by atoms with Gasteiger partial charge in [-0.3, -0.25) is 14.4 Å². The number of anilines is 3. The molecule has 0 aromatic heterocycles. The van der Waals surface area contributed by atoms with Gasteiger partial charge < -0.3 is 26.0 Å². The fourth-order valence-electron chi connectivity index (χ4n) is 3.44. The highest BCUT2D eigenvalue weighted by Crippen LogP contribution is 2.15. The first-order chi connectivity index (χ1) is 17.5. The molecule has 0 saturated carbocycles. The number of aryl methyl sites for hydroxylation is 1. The summed E-state index contributed by atoms with van der Waals surface area (Å²) in [5, 5.41) is 11.6. The van der Waals surface area contributed by atoms with Crippen molar-refractivity contribution in [2.24, 2.45) is 0 Å². The van der Waals surface area contributed by atoms with Gasteiger partial charge in [0.05, 0.1) is 6.54 Å².